The molecule has 4 heteroatoms. The van der Waals surface area contributed by atoms with Crippen LogP contribution >= 0.6 is 23.2 Å². The number of fused-ring (bicyclic) bond motifs is 2. The number of rotatable bonds is 1. The van der Waals surface area contributed by atoms with Crippen LogP contribution in [0.5, 0.6) is 5.75 Å². The molecule has 18 heavy (non-hydrogen) atoms. The second-order valence-corrected chi connectivity index (χ2v) is 6.36. The molecule has 98 valence electrons. The van der Waals surface area contributed by atoms with Crippen LogP contribution in [0.3, 0.4) is 0 Å². The Morgan fingerprint density at radius 3 is 2.28 bits per heavy atom. The van der Waals surface area contributed by atoms with Gasteiger partial charge < -0.3 is 10.0 Å². The van der Waals surface area contributed by atoms with E-state index in [4.69, 9.17) is 23.2 Å². The van der Waals surface area contributed by atoms with Crippen LogP contribution in [0.1, 0.15) is 37.2 Å². The van der Waals surface area contributed by atoms with E-state index in [0.29, 0.717) is 33.8 Å². The zero-order valence-corrected chi connectivity index (χ0v) is 11.9. The number of benzene rings is 1. The van der Waals surface area contributed by atoms with Crippen molar-refractivity contribution in [1.29, 1.82) is 0 Å². The average Bonchev–Trinajstić information content (AvgIpc) is 2.56. The summed E-state index contributed by atoms with van der Waals surface area (Å²) < 4.78 is 0. The van der Waals surface area contributed by atoms with Crippen LogP contribution in [0.15, 0.2) is 12.1 Å². The van der Waals surface area contributed by atoms with Crippen molar-refractivity contribution in [3.05, 3.63) is 27.7 Å². The van der Waals surface area contributed by atoms with Gasteiger partial charge in [-0.2, -0.15) is 0 Å². The number of hydrogen-bond acceptors (Lipinski definition) is 2. The van der Waals surface area contributed by atoms with Gasteiger partial charge in [0.15, 0.2) is 0 Å². The molecule has 2 aliphatic rings. The highest BCUT2D eigenvalue weighted by molar-refractivity contribution is 6.42. The lowest BCUT2D eigenvalue weighted by atomic mass is 9.85. The van der Waals surface area contributed by atoms with Crippen molar-refractivity contribution < 1.29 is 5.11 Å². The van der Waals surface area contributed by atoms with Gasteiger partial charge in [0.1, 0.15) is 5.75 Å². The van der Waals surface area contributed by atoms with Gasteiger partial charge in [-0.25, -0.2) is 0 Å². The van der Waals surface area contributed by atoms with Crippen LogP contribution in [-0.2, 0) is 0 Å². The molecule has 0 radical (unpaired) electrons. The predicted molar refractivity (Wildman–Crippen MR) is 74.7 cm³/mol. The Kier molecular flexibility index (Phi) is 3.21. The number of hydrogen-bond donors (Lipinski definition) is 1. The Morgan fingerprint density at radius 1 is 1.11 bits per heavy atom. The smallest absolute Gasteiger partial charge is 0.120 e. The molecule has 2 bridgehead atoms. The number of aromatic hydroxyl groups is 1. The Balaban J connectivity index is 1.90. The van der Waals surface area contributed by atoms with Crippen molar-refractivity contribution in [2.45, 2.75) is 43.7 Å². The van der Waals surface area contributed by atoms with Gasteiger partial charge in [-0.05, 0) is 50.3 Å². The van der Waals surface area contributed by atoms with Crippen molar-refractivity contribution in [1.82, 2.24) is 4.90 Å². The van der Waals surface area contributed by atoms with Crippen molar-refractivity contribution in [3.63, 3.8) is 0 Å². The van der Waals surface area contributed by atoms with E-state index in [1.807, 2.05) is 6.07 Å². The van der Waals surface area contributed by atoms with Crippen molar-refractivity contribution >= 4 is 23.2 Å². The molecule has 3 rings (SSSR count). The molecule has 2 heterocycles. The van der Waals surface area contributed by atoms with E-state index < -0.39 is 0 Å². The van der Waals surface area contributed by atoms with Crippen LogP contribution in [0.25, 0.3) is 0 Å². The van der Waals surface area contributed by atoms with Crippen LogP contribution in [-0.4, -0.2) is 29.1 Å². The first-order chi connectivity index (χ1) is 8.56. The Labute approximate surface area is 117 Å². The molecule has 0 amide bonds. The molecule has 2 fully saturated rings. The lowest BCUT2D eigenvalue weighted by Gasteiger charge is -2.36. The molecular weight excluding hydrogens is 269 g/mol. The maximum absolute atomic E-state index is 10.1. The topological polar surface area (TPSA) is 23.5 Å². The summed E-state index contributed by atoms with van der Waals surface area (Å²) in [6.07, 6.45) is 4.77. The van der Waals surface area contributed by atoms with E-state index in [-0.39, 0.29) is 0 Å². The number of phenolic OH excluding ortho intramolecular Hbond substituents is 1. The van der Waals surface area contributed by atoms with E-state index in [1.54, 1.807) is 6.07 Å². The van der Waals surface area contributed by atoms with Gasteiger partial charge in [0.2, 0.25) is 0 Å². The third-order valence-corrected chi connectivity index (χ3v) is 5.33. The lowest BCUT2D eigenvalue weighted by molar-refractivity contribution is 0.160. The van der Waals surface area contributed by atoms with Gasteiger partial charge in [0.25, 0.3) is 0 Å². The Morgan fingerprint density at radius 2 is 1.67 bits per heavy atom. The Bertz CT molecular complexity index is 463. The molecule has 2 saturated heterocycles. The fraction of sp³-hybridized carbons (Fsp3) is 0.571. The highest BCUT2D eigenvalue weighted by Gasteiger charge is 2.39. The first kappa shape index (κ1) is 12.6. The molecular formula is C14H17Cl2NO. The van der Waals surface area contributed by atoms with Gasteiger partial charge >= 0.3 is 0 Å². The number of nitrogens with zero attached hydrogens (tertiary/aromatic N) is 1. The third-order valence-electron chi connectivity index (χ3n) is 4.61. The van der Waals surface area contributed by atoms with E-state index >= 15 is 0 Å². The van der Waals surface area contributed by atoms with Crippen LogP contribution < -0.4 is 0 Å². The molecule has 1 aromatic carbocycles. The van der Waals surface area contributed by atoms with Gasteiger partial charge in [0, 0.05) is 18.2 Å². The second kappa shape index (κ2) is 4.59. The molecule has 0 spiro atoms. The lowest BCUT2D eigenvalue weighted by Crippen LogP contribution is -2.39. The molecule has 2 nitrogen and oxygen atoms in total. The SMILES string of the molecule is CN1[C@@H]2CC[C@H]1CC(c1cc(Cl)c(Cl)cc1O)C2. The van der Waals surface area contributed by atoms with Gasteiger partial charge in [-0.3, -0.25) is 0 Å². The van der Waals surface area contributed by atoms with Crippen molar-refractivity contribution in [2.75, 3.05) is 7.05 Å². The quantitative estimate of drug-likeness (QED) is 0.842. The summed E-state index contributed by atoms with van der Waals surface area (Å²) in [7, 11) is 2.22. The third kappa shape index (κ3) is 2.01. The first-order valence-corrected chi connectivity index (χ1v) is 7.21. The van der Waals surface area contributed by atoms with E-state index in [9.17, 15) is 5.11 Å². The van der Waals surface area contributed by atoms with Crippen LogP contribution in [0.4, 0.5) is 0 Å². The number of piperidine rings is 1. The summed E-state index contributed by atoms with van der Waals surface area (Å²) in [6, 6.07) is 4.72. The number of halogens is 2. The van der Waals surface area contributed by atoms with E-state index in [0.717, 1.165) is 18.4 Å². The minimum atomic E-state index is 0.290. The molecule has 2 aliphatic heterocycles. The molecule has 1 unspecified atom stereocenters. The average molecular weight is 286 g/mol. The summed E-state index contributed by atoms with van der Waals surface area (Å²) in [6.45, 7) is 0. The summed E-state index contributed by atoms with van der Waals surface area (Å²) in [4.78, 5) is 2.49. The van der Waals surface area contributed by atoms with Gasteiger partial charge in [-0.1, -0.05) is 23.2 Å². The molecule has 0 aromatic heterocycles. The van der Waals surface area contributed by atoms with Crippen LogP contribution in [0.2, 0.25) is 10.0 Å². The zero-order valence-electron chi connectivity index (χ0n) is 10.4. The molecule has 0 aliphatic carbocycles. The standard InChI is InChI=1S/C14H17Cl2NO/c1-17-9-2-3-10(17)5-8(4-9)11-6-12(15)13(16)7-14(11)18/h6-10,18H,2-5H2,1H3/t8?,9-,10+. The molecule has 1 aromatic rings. The van der Waals surface area contributed by atoms with Crippen LogP contribution in [0, 0.1) is 0 Å². The fourth-order valence-electron chi connectivity index (χ4n) is 3.54. The van der Waals surface area contributed by atoms with Gasteiger partial charge in [0.05, 0.1) is 10.0 Å². The molecule has 3 atom stereocenters. The second-order valence-electron chi connectivity index (χ2n) is 5.54. The first-order valence-electron chi connectivity index (χ1n) is 6.46. The highest BCUT2D eigenvalue weighted by atomic mass is 35.5. The van der Waals surface area contributed by atoms with Gasteiger partial charge in [-0.15, -0.1) is 0 Å². The summed E-state index contributed by atoms with van der Waals surface area (Å²) in [5.41, 5.74) is 0.967. The minimum Gasteiger partial charge on any atom is -0.508 e. The van der Waals surface area contributed by atoms with Crippen molar-refractivity contribution in [2.24, 2.45) is 0 Å². The predicted octanol–water partition coefficient (Wildman–Crippen LogP) is 4.04. The summed E-state index contributed by atoms with van der Waals surface area (Å²) in [5.74, 6) is 0.701. The van der Waals surface area contributed by atoms with Crippen molar-refractivity contribution in [3.8, 4) is 5.75 Å². The molecule has 0 saturated carbocycles. The fourth-order valence-corrected chi connectivity index (χ4v) is 3.87. The highest BCUT2D eigenvalue weighted by Crippen LogP contribution is 2.45. The zero-order chi connectivity index (χ0) is 12.9. The summed E-state index contributed by atoms with van der Waals surface area (Å²) in [5, 5.41) is 11.0. The maximum atomic E-state index is 10.1. The summed E-state index contributed by atoms with van der Waals surface area (Å²) >= 11 is 12.0. The minimum absolute atomic E-state index is 0.290. The Hall–Kier alpha value is -0.440. The normalized spacial score (nSPS) is 31.8. The van der Waals surface area contributed by atoms with E-state index in [2.05, 4.69) is 11.9 Å². The number of phenols is 1. The monoisotopic (exact) mass is 285 g/mol. The molecule has 1 N–H and O–H groups in total. The van der Waals surface area contributed by atoms with E-state index in [1.165, 1.54) is 12.8 Å². The largest absolute Gasteiger partial charge is 0.508 e. The maximum Gasteiger partial charge on any atom is 0.120 e.